The van der Waals surface area contributed by atoms with E-state index in [1.165, 1.54) is 12.3 Å². The minimum atomic E-state index is -2.96. The van der Waals surface area contributed by atoms with Crippen molar-refractivity contribution < 1.29 is 13.0 Å². The minimum Gasteiger partial charge on any atom is -0.366 e. The van der Waals surface area contributed by atoms with Gasteiger partial charge in [-0.1, -0.05) is 11.6 Å². The Morgan fingerprint density at radius 3 is 2.38 bits per heavy atom. The van der Waals surface area contributed by atoms with E-state index in [-0.39, 0.29) is 5.69 Å². The van der Waals surface area contributed by atoms with E-state index in [4.69, 9.17) is 11.6 Å². The number of halogens is 3. The number of nitrogens with zero attached hydrogens (tertiary/aromatic N) is 3. The lowest BCUT2D eigenvalue weighted by molar-refractivity contribution is 0.552. The third-order valence-corrected chi connectivity index (χ3v) is 5.79. The molecule has 0 aromatic heterocycles. The predicted molar refractivity (Wildman–Crippen MR) is 103 cm³/mol. The molecule has 0 radical (unpaired) electrons. The van der Waals surface area contributed by atoms with Gasteiger partial charge >= 0.3 is 0 Å². The Morgan fingerprint density at radius 1 is 1.19 bits per heavy atom. The highest BCUT2D eigenvalue weighted by Gasteiger charge is 2.14. The predicted octanol–water partition coefficient (Wildman–Crippen LogP) is 5.33. The van der Waals surface area contributed by atoms with Crippen molar-refractivity contribution in [2.45, 2.75) is 18.7 Å². The van der Waals surface area contributed by atoms with Crippen molar-refractivity contribution in [1.82, 2.24) is 4.90 Å². The van der Waals surface area contributed by atoms with Crippen molar-refractivity contribution in [3.8, 4) is 0 Å². The average molecular weight is 400 g/mol. The summed E-state index contributed by atoms with van der Waals surface area (Å²) in [5.74, 6) is -1.56. The van der Waals surface area contributed by atoms with E-state index in [1.807, 2.05) is 18.9 Å². The molecular formula is C18H20ClF2N3OS. The van der Waals surface area contributed by atoms with Gasteiger partial charge in [-0.2, -0.15) is 4.36 Å². The zero-order valence-electron chi connectivity index (χ0n) is 15.0. The maximum absolute atomic E-state index is 13.3. The Balaban J connectivity index is 2.50. The van der Waals surface area contributed by atoms with Crippen LogP contribution in [0.3, 0.4) is 0 Å². The Kier molecular flexibility index (Phi) is 6.36. The molecule has 0 heterocycles. The van der Waals surface area contributed by atoms with Gasteiger partial charge in [-0.25, -0.2) is 18.0 Å². The zero-order chi connectivity index (χ0) is 19.5. The van der Waals surface area contributed by atoms with Crippen LogP contribution < -0.4 is 0 Å². The van der Waals surface area contributed by atoms with Crippen LogP contribution in [0.1, 0.15) is 12.5 Å². The summed E-state index contributed by atoms with van der Waals surface area (Å²) in [5.41, 5.74) is 1.19. The van der Waals surface area contributed by atoms with Crippen LogP contribution in [0.15, 0.2) is 44.6 Å². The monoisotopic (exact) mass is 399 g/mol. The second kappa shape index (κ2) is 8.14. The van der Waals surface area contributed by atoms with Crippen LogP contribution in [0.2, 0.25) is 5.02 Å². The van der Waals surface area contributed by atoms with Gasteiger partial charge < -0.3 is 4.90 Å². The smallest absolute Gasteiger partial charge is 0.128 e. The third kappa shape index (κ3) is 5.02. The van der Waals surface area contributed by atoms with Crippen molar-refractivity contribution in [2.75, 3.05) is 19.8 Å². The maximum atomic E-state index is 13.3. The largest absolute Gasteiger partial charge is 0.366 e. The molecule has 2 aromatic rings. The van der Waals surface area contributed by atoms with Gasteiger partial charge in [0.15, 0.2) is 0 Å². The summed E-state index contributed by atoms with van der Waals surface area (Å²) in [5, 5.41) is 0.321. The van der Waals surface area contributed by atoms with Gasteiger partial charge in [-0.3, -0.25) is 0 Å². The quantitative estimate of drug-likeness (QED) is 0.504. The van der Waals surface area contributed by atoms with Crippen molar-refractivity contribution in [3.63, 3.8) is 0 Å². The lowest BCUT2D eigenvalue weighted by Gasteiger charge is -2.12. The second-order valence-corrected chi connectivity index (χ2v) is 8.54. The van der Waals surface area contributed by atoms with Crippen molar-refractivity contribution >= 4 is 39.0 Å². The molecule has 8 heteroatoms. The average Bonchev–Trinajstić information content (AvgIpc) is 2.53. The summed E-state index contributed by atoms with van der Waals surface area (Å²) >= 11 is 6.27. The van der Waals surface area contributed by atoms with E-state index in [0.29, 0.717) is 21.2 Å². The molecule has 0 saturated carbocycles. The number of aryl methyl sites for hydroxylation is 1. The van der Waals surface area contributed by atoms with Crippen LogP contribution in [0.25, 0.3) is 0 Å². The Labute approximate surface area is 157 Å². The van der Waals surface area contributed by atoms with Crippen LogP contribution in [0.4, 0.5) is 20.2 Å². The summed E-state index contributed by atoms with van der Waals surface area (Å²) < 4.78 is 43.8. The van der Waals surface area contributed by atoms with E-state index in [2.05, 4.69) is 9.36 Å². The fraction of sp³-hybridized carbons (Fsp3) is 0.278. The van der Waals surface area contributed by atoms with Crippen LogP contribution in [-0.4, -0.2) is 35.3 Å². The maximum Gasteiger partial charge on any atom is 0.128 e. The molecule has 1 atom stereocenters. The molecule has 2 aromatic carbocycles. The SMILES string of the molecule is CCN(C)C=Nc1cc(C)c(S(C)(=O)=Nc2cc(F)cc(F)c2)cc1Cl. The summed E-state index contributed by atoms with van der Waals surface area (Å²) in [6.45, 7) is 4.55. The zero-order valence-corrected chi connectivity index (χ0v) is 16.5. The van der Waals surface area contributed by atoms with Crippen molar-refractivity contribution in [3.05, 3.63) is 52.6 Å². The standard InChI is InChI=1S/C18H20ClF2N3OS/c1-5-24(3)11-22-17-6-12(2)18(10-16(17)19)26(4,25)23-15-8-13(20)7-14(21)9-15/h6-11H,5H2,1-4H3. The molecule has 0 aliphatic heterocycles. The van der Waals surface area contributed by atoms with Gasteiger partial charge in [0.05, 0.1) is 37.4 Å². The van der Waals surface area contributed by atoms with Crippen LogP contribution in [0, 0.1) is 18.6 Å². The molecule has 1 unspecified atom stereocenters. The summed E-state index contributed by atoms with van der Waals surface area (Å²) in [7, 11) is -1.07. The molecule has 0 aliphatic rings. The first-order valence-electron chi connectivity index (χ1n) is 7.85. The second-order valence-electron chi connectivity index (χ2n) is 5.91. The number of hydrogen-bond donors (Lipinski definition) is 0. The minimum absolute atomic E-state index is 0.0304. The summed E-state index contributed by atoms with van der Waals surface area (Å²) in [4.78, 5) is 6.60. The molecule has 0 N–H and O–H groups in total. The molecule has 0 spiro atoms. The van der Waals surface area contributed by atoms with Gasteiger partial charge in [0.2, 0.25) is 0 Å². The van der Waals surface area contributed by atoms with Crippen LogP contribution >= 0.6 is 11.6 Å². The summed E-state index contributed by atoms with van der Waals surface area (Å²) in [6, 6.07) is 6.04. The molecular weight excluding hydrogens is 380 g/mol. The highest BCUT2D eigenvalue weighted by atomic mass is 35.5. The number of rotatable bonds is 5. The first-order valence-corrected chi connectivity index (χ1v) is 10.2. The van der Waals surface area contributed by atoms with Crippen LogP contribution in [-0.2, 0) is 9.73 Å². The third-order valence-electron chi connectivity index (χ3n) is 3.67. The van der Waals surface area contributed by atoms with E-state index in [1.54, 1.807) is 19.3 Å². The number of aliphatic imine (C=N–C) groups is 1. The molecule has 4 nitrogen and oxygen atoms in total. The van der Waals surface area contributed by atoms with Gasteiger partial charge in [-0.15, -0.1) is 0 Å². The lowest BCUT2D eigenvalue weighted by atomic mass is 10.2. The lowest BCUT2D eigenvalue weighted by Crippen LogP contribution is -2.14. The summed E-state index contributed by atoms with van der Waals surface area (Å²) in [6.07, 6.45) is 3.06. The molecule has 0 bridgehead atoms. The fourth-order valence-corrected chi connectivity index (χ4v) is 4.12. The van der Waals surface area contributed by atoms with Crippen molar-refractivity contribution in [2.24, 2.45) is 9.36 Å². The highest BCUT2D eigenvalue weighted by Crippen LogP contribution is 2.32. The first-order chi connectivity index (χ1) is 12.1. The van der Waals surface area contributed by atoms with Gasteiger partial charge in [0.25, 0.3) is 0 Å². The molecule has 140 valence electrons. The van der Waals surface area contributed by atoms with E-state index in [9.17, 15) is 13.0 Å². The normalized spacial score (nSPS) is 13.7. The fourth-order valence-electron chi connectivity index (χ4n) is 2.24. The highest BCUT2D eigenvalue weighted by molar-refractivity contribution is 7.93. The molecule has 0 amide bonds. The van der Waals surface area contributed by atoms with Crippen LogP contribution in [0.5, 0.6) is 0 Å². The van der Waals surface area contributed by atoms with Gasteiger partial charge in [-0.05, 0) is 31.5 Å². The molecule has 0 fully saturated rings. The molecule has 2 rings (SSSR count). The van der Waals surface area contributed by atoms with E-state index < -0.39 is 21.4 Å². The molecule has 0 aliphatic carbocycles. The Bertz CT molecular complexity index is 949. The topological polar surface area (TPSA) is 45.0 Å². The Hall–Kier alpha value is -1.99. The van der Waals surface area contributed by atoms with Crippen molar-refractivity contribution in [1.29, 1.82) is 0 Å². The molecule has 26 heavy (non-hydrogen) atoms. The van der Waals surface area contributed by atoms with Gasteiger partial charge in [0.1, 0.15) is 11.6 Å². The van der Waals surface area contributed by atoms with E-state index >= 15 is 0 Å². The van der Waals surface area contributed by atoms with E-state index in [0.717, 1.165) is 24.7 Å². The Morgan fingerprint density at radius 2 is 1.81 bits per heavy atom. The first kappa shape index (κ1) is 20.3. The number of hydrogen-bond acceptors (Lipinski definition) is 3. The van der Waals surface area contributed by atoms with Gasteiger partial charge in [0, 0.05) is 38.0 Å². The number of benzene rings is 2. The molecule has 0 saturated heterocycles.